The summed E-state index contributed by atoms with van der Waals surface area (Å²) in [4.78, 5) is 14.6. The molecule has 1 heterocycles. The fourth-order valence-electron chi connectivity index (χ4n) is 4.29. The van der Waals surface area contributed by atoms with E-state index in [0.29, 0.717) is 24.8 Å². The molecular weight excluding hydrogens is 469 g/mol. The number of halogens is 2. The van der Waals surface area contributed by atoms with Crippen molar-refractivity contribution in [3.63, 3.8) is 0 Å². The second kappa shape index (κ2) is 10.1. The van der Waals surface area contributed by atoms with E-state index in [-0.39, 0.29) is 11.6 Å². The number of hydrogen-bond acceptors (Lipinski definition) is 3. The summed E-state index contributed by atoms with van der Waals surface area (Å²) in [6, 6.07) is 22.2. The molecule has 0 amide bonds. The maximum atomic E-state index is 13.0. The van der Waals surface area contributed by atoms with Crippen molar-refractivity contribution in [2.45, 2.75) is 31.3 Å². The number of nitrogens with zero attached hydrogens (tertiary/aromatic N) is 1. The standard InChI is InChI=1S/C27H27BrFNO2/c28-24-11-5-21(6-12-24)20-3-9-23(10-4-20)27(32)15-18-30(19-16-27)17-1-2-26(31)22-7-13-25(29)14-8-22/h3-14,32H,1-2,15-19H2. The normalized spacial score (nSPS) is 16.1. The van der Waals surface area contributed by atoms with Gasteiger partial charge in [0.05, 0.1) is 5.60 Å². The van der Waals surface area contributed by atoms with Crippen molar-refractivity contribution in [1.82, 2.24) is 4.90 Å². The number of aliphatic hydroxyl groups is 1. The molecular formula is C27H27BrFNO2. The molecule has 0 aromatic heterocycles. The van der Waals surface area contributed by atoms with Crippen LogP contribution in [0.5, 0.6) is 0 Å². The van der Waals surface area contributed by atoms with E-state index in [1.54, 1.807) is 12.1 Å². The quantitative estimate of drug-likeness (QED) is 0.396. The van der Waals surface area contributed by atoms with E-state index in [1.807, 2.05) is 24.3 Å². The summed E-state index contributed by atoms with van der Waals surface area (Å²) < 4.78 is 14.1. The van der Waals surface area contributed by atoms with Gasteiger partial charge in [-0.15, -0.1) is 0 Å². The molecule has 166 valence electrons. The van der Waals surface area contributed by atoms with Crippen LogP contribution in [0, 0.1) is 5.82 Å². The fraction of sp³-hybridized carbons (Fsp3) is 0.296. The van der Waals surface area contributed by atoms with Gasteiger partial charge in [-0.05, 0) is 78.9 Å². The van der Waals surface area contributed by atoms with Gasteiger partial charge in [-0.1, -0.05) is 52.3 Å². The number of benzene rings is 3. The second-order valence-corrected chi connectivity index (χ2v) is 9.41. The minimum absolute atomic E-state index is 0.0457. The average molecular weight is 496 g/mol. The van der Waals surface area contributed by atoms with Crippen molar-refractivity contribution >= 4 is 21.7 Å². The molecule has 1 N–H and O–H groups in total. The first-order valence-electron chi connectivity index (χ1n) is 11.0. The highest BCUT2D eigenvalue weighted by Gasteiger charge is 2.33. The van der Waals surface area contributed by atoms with Crippen molar-refractivity contribution < 1.29 is 14.3 Å². The molecule has 0 radical (unpaired) electrons. The van der Waals surface area contributed by atoms with E-state index in [2.05, 4.69) is 45.1 Å². The zero-order valence-corrected chi connectivity index (χ0v) is 19.5. The molecule has 1 aliphatic rings. The van der Waals surface area contributed by atoms with Gasteiger partial charge in [0.25, 0.3) is 0 Å². The van der Waals surface area contributed by atoms with Gasteiger partial charge < -0.3 is 10.0 Å². The van der Waals surface area contributed by atoms with Gasteiger partial charge in [-0.3, -0.25) is 4.79 Å². The molecule has 0 saturated carbocycles. The van der Waals surface area contributed by atoms with Gasteiger partial charge in [0.2, 0.25) is 0 Å². The number of piperidine rings is 1. The van der Waals surface area contributed by atoms with Gasteiger partial charge in [0.15, 0.2) is 5.78 Å². The number of Topliss-reactive ketones (excluding diaryl/α,β-unsaturated/α-hetero) is 1. The highest BCUT2D eigenvalue weighted by molar-refractivity contribution is 9.10. The van der Waals surface area contributed by atoms with Crippen LogP contribution in [0.3, 0.4) is 0 Å². The molecule has 32 heavy (non-hydrogen) atoms. The van der Waals surface area contributed by atoms with Crippen molar-refractivity contribution in [1.29, 1.82) is 0 Å². The van der Waals surface area contributed by atoms with E-state index in [4.69, 9.17) is 0 Å². The minimum atomic E-state index is -0.807. The van der Waals surface area contributed by atoms with Crippen molar-refractivity contribution in [2.75, 3.05) is 19.6 Å². The first-order chi connectivity index (χ1) is 15.4. The molecule has 1 aliphatic heterocycles. The monoisotopic (exact) mass is 495 g/mol. The largest absolute Gasteiger partial charge is 0.385 e. The van der Waals surface area contributed by atoms with E-state index in [9.17, 15) is 14.3 Å². The highest BCUT2D eigenvalue weighted by Crippen LogP contribution is 2.34. The predicted molar refractivity (Wildman–Crippen MR) is 129 cm³/mol. The smallest absolute Gasteiger partial charge is 0.162 e. The van der Waals surface area contributed by atoms with E-state index < -0.39 is 5.60 Å². The van der Waals surface area contributed by atoms with Crippen LogP contribution < -0.4 is 0 Å². The third-order valence-corrected chi connectivity index (χ3v) is 6.86. The SMILES string of the molecule is O=C(CCCN1CCC(O)(c2ccc(-c3ccc(Br)cc3)cc2)CC1)c1ccc(F)cc1. The molecule has 3 aromatic rings. The maximum absolute atomic E-state index is 13.0. The van der Waals surface area contributed by atoms with Crippen LogP contribution in [0.2, 0.25) is 0 Å². The second-order valence-electron chi connectivity index (χ2n) is 8.49. The van der Waals surface area contributed by atoms with Crippen LogP contribution in [-0.4, -0.2) is 35.4 Å². The Hall–Kier alpha value is -2.34. The van der Waals surface area contributed by atoms with E-state index >= 15 is 0 Å². The Bertz CT molecular complexity index is 1040. The van der Waals surface area contributed by atoms with Crippen LogP contribution in [-0.2, 0) is 5.60 Å². The molecule has 0 spiro atoms. The number of likely N-dealkylation sites (tertiary alicyclic amines) is 1. The zero-order chi connectivity index (χ0) is 22.6. The van der Waals surface area contributed by atoms with E-state index in [0.717, 1.165) is 47.2 Å². The van der Waals surface area contributed by atoms with Crippen LogP contribution in [0.25, 0.3) is 11.1 Å². The lowest BCUT2D eigenvalue weighted by Gasteiger charge is -2.38. The third-order valence-electron chi connectivity index (χ3n) is 6.33. The summed E-state index contributed by atoms with van der Waals surface area (Å²) in [5.41, 5.74) is 3.00. The van der Waals surface area contributed by atoms with Gasteiger partial charge in [-0.25, -0.2) is 4.39 Å². The van der Waals surface area contributed by atoms with Gasteiger partial charge >= 0.3 is 0 Å². The molecule has 4 rings (SSSR count). The van der Waals surface area contributed by atoms with Crippen LogP contribution in [0.1, 0.15) is 41.6 Å². The van der Waals surface area contributed by atoms with Crippen LogP contribution in [0.4, 0.5) is 4.39 Å². The summed E-state index contributed by atoms with van der Waals surface area (Å²) in [6.07, 6.45) is 2.56. The molecule has 0 aliphatic carbocycles. The summed E-state index contributed by atoms with van der Waals surface area (Å²) in [6.45, 7) is 2.43. The van der Waals surface area contributed by atoms with Crippen LogP contribution in [0.15, 0.2) is 77.3 Å². The summed E-state index contributed by atoms with van der Waals surface area (Å²) in [5.74, 6) is -0.283. The Morgan fingerprint density at radius 2 is 1.47 bits per heavy atom. The van der Waals surface area contributed by atoms with Crippen molar-refractivity contribution in [2.24, 2.45) is 0 Å². The van der Waals surface area contributed by atoms with Gasteiger partial charge in [0.1, 0.15) is 5.82 Å². The Morgan fingerprint density at radius 1 is 0.906 bits per heavy atom. The molecule has 0 atom stereocenters. The Labute approximate surface area is 197 Å². The third kappa shape index (κ3) is 5.52. The lowest BCUT2D eigenvalue weighted by Crippen LogP contribution is -2.42. The highest BCUT2D eigenvalue weighted by atomic mass is 79.9. The molecule has 0 unspecified atom stereocenters. The molecule has 1 fully saturated rings. The first-order valence-corrected chi connectivity index (χ1v) is 11.8. The molecule has 3 aromatic carbocycles. The Kier molecular flexibility index (Phi) is 7.19. The number of carbonyl (C=O) groups is 1. The summed E-state index contributed by atoms with van der Waals surface area (Å²) in [5, 5.41) is 11.2. The molecule has 1 saturated heterocycles. The van der Waals surface area contributed by atoms with Gasteiger partial charge in [-0.2, -0.15) is 0 Å². The molecule has 5 heteroatoms. The molecule has 3 nitrogen and oxygen atoms in total. The number of hydrogen-bond donors (Lipinski definition) is 1. The lowest BCUT2D eigenvalue weighted by atomic mass is 9.83. The Balaban J connectivity index is 1.27. The summed E-state index contributed by atoms with van der Waals surface area (Å²) in [7, 11) is 0. The average Bonchev–Trinajstić information content (AvgIpc) is 2.81. The first kappa shape index (κ1) is 22.8. The van der Waals surface area contributed by atoms with Crippen molar-refractivity contribution in [3.05, 3.63) is 94.2 Å². The number of ketones is 1. The zero-order valence-electron chi connectivity index (χ0n) is 17.9. The number of rotatable bonds is 7. The minimum Gasteiger partial charge on any atom is -0.385 e. The lowest BCUT2D eigenvalue weighted by molar-refractivity contribution is -0.0260. The predicted octanol–water partition coefficient (Wildman–Crippen LogP) is 6.20. The van der Waals surface area contributed by atoms with E-state index in [1.165, 1.54) is 12.1 Å². The topological polar surface area (TPSA) is 40.5 Å². The van der Waals surface area contributed by atoms with Gasteiger partial charge in [0, 0.05) is 29.5 Å². The van der Waals surface area contributed by atoms with Crippen LogP contribution >= 0.6 is 15.9 Å². The molecule has 0 bridgehead atoms. The fourth-order valence-corrected chi connectivity index (χ4v) is 4.56. The van der Waals surface area contributed by atoms with Crippen molar-refractivity contribution in [3.8, 4) is 11.1 Å². The Morgan fingerprint density at radius 3 is 2.06 bits per heavy atom. The number of carbonyl (C=O) groups excluding carboxylic acids is 1. The summed E-state index contributed by atoms with van der Waals surface area (Å²) >= 11 is 3.46. The maximum Gasteiger partial charge on any atom is 0.162 e.